The Kier molecular flexibility index (Phi) is 13.0. The molecule has 5 aliphatic rings. The Labute approximate surface area is 267 Å². The topological polar surface area (TPSA) is 97.0 Å². The van der Waals surface area contributed by atoms with Crippen LogP contribution in [0.25, 0.3) is 0 Å². The molecular weight excluding hydrogens is 607 g/mol. The number of ether oxygens (including phenoxy) is 1. The Morgan fingerprint density at radius 3 is 2.50 bits per heavy atom. The van der Waals surface area contributed by atoms with Crippen molar-refractivity contribution in [1.82, 2.24) is 10.2 Å². The van der Waals surface area contributed by atoms with E-state index in [-0.39, 0.29) is 47.4 Å². The van der Waals surface area contributed by atoms with Gasteiger partial charge in [-0.2, -0.15) is 13.2 Å². The number of guanidine groups is 1. The number of nitrogens with one attached hydrogen (secondary N) is 1. The number of nitrogens with zero attached hydrogens (tertiary/aromatic N) is 2. The standard InChI is InChI=1S/C31H38F2N4O3.C2H6.CHF3/c1-4-18(2)28-23-11-9-19(3)29(39)36-24-13-14-40-26-12-10-20(15-22(24)26)7-5-6-8-21-16-27(38)37(30(34)35-21)25(28)17-31(23,32)33;1-2;2-1(3)4/h9-12,15,18,21,24-25H,3-8,13-14,16-17H2,1-2H3,(H2,34,35)(H,36,39);1-2H3;1H/b11-9-;;. The maximum absolute atomic E-state index is 15.6. The average Bonchev–Trinajstić information content (AvgIpc) is 3.27. The first-order chi connectivity index (χ1) is 21.8. The van der Waals surface area contributed by atoms with Crippen molar-refractivity contribution in [3.63, 3.8) is 0 Å². The summed E-state index contributed by atoms with van der Waals surface area (Å²) in [5.74, 6) is -3.40. The predicted octanol–water partition coefficient (Wildman–Crippen LogP) is 7.34. The van der Waals surface area contributed by atoms with Gasteiger partial charge in [0.1, 0.15) is 5.75 Å². The first-order valence-corrected chi connectivity index (χ1v) is 16.0. The number of allylic oxidation sites excluding steroid dienone is 2. The summed E-state index contributed by atoms with van der Waals surface area (Å²) in [6.45, 7) is 8.47. The number of nitrogens with two attached hydrogens (primary N) is 1. The van der Waals surface area contributed by atoms with Crippen LogP contribution in [0, 0.1) is 5.92 Å². The minimum Gasteiger partial charge on any atom is -0.493 e. The van der Waals surface area contributed by atoms with Crippen LogP contribution in [0.15, 0.2) is 58.6 Å². The van der Waals surface area contributed by atoms with Gasteiger partial charge in [0.15, 0.2) is 5.96 Å². The highest BCUT2D eigenvalue weighted by molar-refractivity contribution is 5.99. The zero-order chi connectivity index (χ0) is 34.2. The molecule has 4 atom stereocenters. The number of aryl methyl sites for hydroxylation is 1. The summed E-state index contributed by atoms with van der Waals surface area (Å²) < 4.78 is 66.0. The third-order valence-electron chi connectivity index (χ3n) is 8.62. The second kappa shape index (κ2) is 16.2. The van der Waals surface area contributed by atoms with Crippen molar-refractivity contribution in [1.29, 1.82) is 0 Å². The molecule has 6 rings (SSSR count). The third-order valence-corrected chi connectivity index (χ3v) is 8.62. The van der Waals surface area contributed by atoms with Crippen molar-refractivity contribution >= 4 is 17.8 Å². The van der Waals surface area contributed by atoms with E-state index in [2.05, 4.69) is 23.0 Å². The van der Waals surface area contributed by atoms with E-state index in [1.54, 1.807) is 0 Å². The lowest BCUT2D eigenvalue weighted by Crippen LogP contribution is -2.53. The van der Waals surface area contributed by atoms with Gasteiger partial charge in [0.25, 0.3) is 11.8 Å². The third kappa shape index (κ3) is 8.76. The lowest BCUT2D eigenvalue weighted by Gasteiger charge is -2.36. The molecule has 4 unspecified atom stereocenters. The normalized spacial score (nSPS) is 25.7. The van der Waals surface area contributed by atoms with E-state index in [1.165, 1.54) is 17.1 Å². The van der Waals surface area contributed by atoms with Gasteiger partial charge in [-0.3, -0.25) is 14.5 Å². The van der Waals surface area contributed by atoms with E-state index in [1.807, 2.05) is 39.8 Å². The zero-order valence-corrected chi connectivity index (χ0v) is 26.9. The van der Waals surface area contributed by atoms with E-state index in [0.29, 0.717) is 31.4 Å². The smallest absolute Gasteiger partial charge is 0.379 e. The molecule has 2 amide bonds. The first kappa shape index (κ1) is 36.8. The molecule has 1 aliphatic carbocycles. The molecule has 12 heteroatoms. The van der Waals surface area contributed by atoms with E-state index in [9.17, 15) is 22.8 Å². The number of rotatable bonds is 2. The maximum atomic E-state index is 15.6. The minimum atomic E-state index is -3.67. The van der Waals surface area contributed by atoms with Crippen molar-refractivity contribution in [2.45, 2.75) is 110 Å². The number of fused-ring (bicyclic) bond motifs is 7. The zero-order valence-electron chi connectivity index (χ0n) is 26.9. The molecule has 0 aromatic heterocycles. The molecule has 4 aliphatic heterocycles. The molecule has 4 heterocycles. The van der Waals surface area contributed by atoms with Crippen LogP contribution in [0.1, 0.15) is 89.8 Å². The summed E-state index contributed by atoms with van der Waals surface area (Å²) in [4.78, 5) is 32.3. The summed E-state index contributed by atoms with van der Waals surface area (Å²) in [6, 6.07) is 4.63. The van der Waals surface area contributed by atoms with Crippen molar-refractivity contribution in [3.8, 4) is 5.75 Å². The van der Waals surface area contributed by atoms with E-state index < -0.39 is 31.0 Å². The van der Waals surface area contributed by atoms with Gasteiger partial charge >= 0.3 is 6.68 Å². The van der Waals surface area contributed by atoms with Crippen LogP contribution in [-0.4, -0.2) is 54.0 Å². The molecule has 0 saturated heterocycles. The van der Waals surface area contributed by atoms with Crippen molar-refractivity contribution in [3.05, 3.63) is 64.8 Å². The molecule has 0 spiro atoms. The monoisotopic (exact) mass is 652 g/mol. The number of hydrogen-bond donors (Lipinski definition) is 2. The minimum absolute atomic E-state index is 0.00648. The molecule has 46 heavy (non-hydrogen) atoms. The van der Waals surface area contributed by atoms with Gasteiger partial charge in [-0.05, 0) is 54.9 Å². The van der Waals surface area contributed by atoms with Gasteiger partial charge in [-0.15, -0.1) is 0 Å². The summed E-state index contributed by atoms with van der Waals surface area (Å²) in [7, 11) is 0. The van der Waals surface area contributed by atoms with Crippen LogP contribution in [0.4, 0.5) is 22.0 Å². The van der Waals surface area contributed by atoms with Crippen molar-refractivity contribution < 1.29 is 36.3 Å². The number of amides is 2. The Morgan fingerprint density at radius 1 is 1.15 bits per heavy atom. The van der Waals surface area contributed by atoms with Gasteiger partial charge < -0.3 is 15.8 Å². The van der Waals surface area contributed by atoms with Gasteiger partial charge in [0.05, 0.1) is 24.7 Å². The fraction of sp³-hybridized carbons (Fsp3) is 0.559. The van der Waals surface area contributed by atoms with Crippen LogP contribution in [0.3, 0.4) is 0 Å². The number of hydrogen-bond acceptors (Lipinski definition) is 5. The summed E-state index contributed by atoms with van der Waals surface area (Å²) >= 11 is 0. The summed E-state index contributed by atoms with van der Waals surface area (Å²) in [5, 5.41) is 3.02. The highest BCUT2D eigenvalue weighted by Crippen LogP contribution is 2.47. The first-order valence-electron chi connectivity index (χ1n) is 16.0. The SMILES string of the molecule is C=C1/C=C\C2=C(C(C)CC)C(CC2(F)F)N2C(=O)CC(CCCCc3ccc4c(c3)C(CCO4)NC1=O)N=C2N.CC.FC(F)F. The van der Waals surface area contributed by atoms with E-state index in [0.717, 1.165) is 36.1 Å². The van der Waals surface area contributed by atoms with Gasteiger partial charge in [0.2, 0.25) is 5.91 Å². The molecule has 254 valence electrons. The Balaban J connectivity index is 0.000000891. The number of carbonyl (C=O) groups excluding carboxylic acids is 2. The van der Waals surface area contributed by atoms with E-state index >= 15 is 8.78 Å². The van der Waals surface area contributed by atoms with Crippen molar-refractivity contribution in [2.75, 3.05) is 6.61 Å². The van der Waals surface area contributed by atoms with Crippen LogP contribution in [0.5, 0.6) is 5.75 Å². The molecule has 0 radical (unpaired) electrons. The Bertz CT molecular complexity index is 1360. The quantitative estimate of drug-likeness (QED) is 0.258. The van der Waals surface area contributed by atoms with Crippen LogP contribution in [0.2, 0.25) is 0 Å². The molecule has 0 fully saturated rings. The average molecular weight is 653 g/mol. The highest BCUT2D eigenvalue weighted by Gasteiger charge is 2.51. The van der Waals surface area contributed by atoms with Crippen molar-refractivity contribution in [2.24, 2.45) is 16.6 Å². The Morgan fingerprint density at radius 2 is 1.85 bits per heavy atom. The second-order valence-corrected chi connectivity index (χ2v) is 11.6. The number of alkyl halides is 5. The maximum Gasteiger partial charge on any atom is 0.379 e. The Hall–Kier alpha value is -3.70. The predicted molar refractivity (Wildman–Crippen MR) is 168 cm³/mol. The van der Waals surface area contributed by atoms with Crippen LogP contribution in [-0.2, 0) is 16.0 Å². The van der Waals surface area contributed by atoms with Crippen LogP contribution < -0.4 is 15.8 Å². The molecule has 1 aromatic rings. The fourth-order valence-electron chi connectivity index (χ4n) is 6.31. The molecule has 1 aromatic carbocycles. The van der Waals surface area contributed by atoms with Gasteiger partial charge in [0, 0.05) is 36.0 Å². The largest absolute Gasteiger partial charge is 0.493 e. The molecule has 7 nitrogen and oxygen atoms in total. The number of carbonyl (C=O) groups is 2. The summed E-state index contributed by atoms with van der Waals surface area (Å²) in [6.07, 6.45) is 6.69. The molecule has 0 saturated carbocycles. The molecule has 6 bridgehead atoms. The number of halogens is 5. The fourth-order valence-corrected chi connectivity index (χ4v) is 6.31. The summed E-state index contributed by atoms with van der Waals surface area (Å²) in [5.41, 5.74) is 8.69. The van der Waals surface area contributed by atoms with Crippen LogP contribution >= 0.6 is 0 Å². The highest BCUT2D eigenvalue weighted by atomic mass is 19.4. The molecule has 3 N–H and O–H groups in total. The number of benzene rings is 1. The van der Waals surface area contributed by atoms with Gasteiger partial charge in [-0.25, -0.2) is 13.8 Å². The molecular formula is C34H45F5N4O3. The lowest BCUT2D eigenvalue weighted by molar-refractivity contribution is -0.130. The van der Waals surface area contributed by atoms with E-state index in [4.69, 9.17) is 10.5 Å². The second-order valence-electron chi connectivity index (χ2n) is 11.6. The number of aliphatic imine (C=N–C) groups is 1. The van der Waals surface area contributed by atoms with Gasteiger partial charge in [-0.1, -0.05) is 58.9 Å². The lowest BCUT2D eigenvalue weighted by atomic mass is 9.90.